The summed E-state index contributed by atoms with van der Waals surface area (Å²) in [4.78, 5) is 0. The Morgan fingerprint density at radius 3 is 2.46 bits per heavy atom. The molecular formula is C10H21NOS. The highest BCUT2D eigenvalue weighted by Gasteiger charge is 2.25. The van der Waals surface area contributed by atoms with E-state index in [2.05, 4.69) is 26.1 Å². The summed E-state index contributed by atoms with van der Waals surface area (Å²) in [6, 6.07) is 0.981. The number of hydrogen-bond acceptors (Lipinski definition) is 3. The summed E-state index contributed by atoms with van der Waals surface area (Å²) in [6.07, 6.45) is 2.58. The molecule has 0 spiro atoms. The molecule has 1 rings (SSSR count). The van der Waals surface area contributed by atoms with Crippen LogP contribution in [0.1, 0.15) is 33.6 Å². The molecule has 2 nitrogen and oxygen atoms in total. The van der Waals surface area contributed by atoms with Crippen molar-refractivity contribution in [3.8, 4) is 0 Å². The average molecular weight is 203 g/mol. The van der Waals surface area contributed by atoms with E-state index < -0.39 is 0 Å². The molecule has 0 aromatic carbocycles. The van der Waals surface area contributed by atoms with Crippen LogP contribution in [-0.2, 0) is 0 Å². The van der Waals surface area contributed by atoms with Gasteiger partial charge in [0.05, 0.1) is 6.61 Å². The van der Waals surface area contributed by atoms with Gasteiger partial charge in [-0.25, -0.2) is 0 Å². The molecule has 1 fully saturated rings. The number of aliphatic hydroxyl groups is 1. The first-order valence-corrected chi connectivity index (χ1v) is 6.00. The minimum atomic E-state index is 0.263. The van der Waals surface area contributed by atoms with Crippen molar-refractivity contribution in [2.24, 2.45) is 0 Å². The smallest absolute Gasteiger partial charge is 0.0592 e. The summed E-state index contributed by atoms with van der Waals surface area (Å²) in [6.45, 7) is 6.90. The van der Waals surface area contributed by atoms with Crippen molar-refractivity contribution in [2.75, 3.05) is 12.4 Å². The number of rotatable bonds is 5. The van der Waals surface area contributed by atoms with E-state index in [0.29, 0.717) is 10.8 Å². The van der Waals surface area contributed by atoms with Gasteiger partial charge >= 0.3 is 0 Å². The van der Waals surface area contributed by atoms with Crippen LogP contribution < -0.4 is 5.32 Å². The lowest BCUT2D eigenvalue weighted by Gasteiger charge is -2.22. The third kappa shape index (κ3) is 5.55. The van der Waals surface area contributed by atoms with Gasteiger partial charge in [0.25, 0.3) is 0 Å². The van der Waals surface area contributed by atoms with Crippen molar-refractivity contribution in [3.63, 3.8) is 0 Å². The van der Waals surface area contributed by atoms with Crippen molar-refractivity contribution in [1.82, 2.24) is 5.32 Å². The van der Waals surface area contributed by atoms with Crippen LogP contribution in [-0.4, -0.2) is 34.3 Å². The third-order valence-electron chi connectivity index (χ3n) is 1.99. The Hall–Kier alpha value is 0.270. The van der Waals surface area contributed by atoms with Gasteiger partial charge in [-0.15, -0.1) is 0 Å². The Kier molecular flexibility index (Phi) is 4.07. The molecule has 78 valence electrons. The zero-order valence-corrected chi connectivity index (χ0v) is 9.66. The molecule has 0 aromatic rings. The zero-order chi connectivity index (χ0) is 9.90. The number of aliphatic hydroxyl groups excluding tert-OH is 1. The first-order valence-electron chi connectivity index (χ1n) is 5.02. The van der Waals surface area contributed by atoms with E-state index in [0.717, 1.165) is 5.75 Å². The van der Waals surface area contributed by atoms with E-state index >= 15 is 0 Å². The van der Waals surface area contributed by atoms with E-state index in [1.165, 1.54) is 12.8 Å². The van der Waals surface area contributed by atoms with Crippen LogP contribution in [0.4, 0.5) is 0 Å². The molecule has 0 radical (unpaired) electrons. The number of thioether (sulfide) groups is 1. The van der Waals surface area contributed by atoms with Crippen LogP contribution in [0.3, 0.4) is 0 Å². The molecule has 13 heavy (non-hydrogen) atoms. The van der Waals surface area contributed by atoms with Crippen molar-refractivity contribution in [3.05, 3.63) is 0 Å². The predicted octanol–water partition coefficient (Wildman–Crippen LogP) is 1.63. The second kappa shape index (κ2) is 4.67. The summed E-state index contributed by atoms with van der Waals surface area (Å²) in [5, 5.41) is 12.6. The van der Waals surface area contributed by atoms with E-state index in [1.807, 2.05) is 11.8 Å². The maximum absolute atomic E-state index is 9.12. The second-order valence-corrected chi connectivity index (χ2v) is 6.59. The number of hydrogen-bond donors (Lipinski definition) is 2. The minimum absolute atomic E-state index is 0.263. The monoisotopic (exact) mass is 203 g/mol. The fourth-order valence-corrected chi connectivity index (χ4v) is 1.99. The standard InChI is InChI=1S/C10H21NOS/c1-10(2,3)13-7-9(6-12)11-8-4-5-8/h8-9,11-12H,4-7H2,1-3H3. The highest BCUT2D eigenvalue weighted by Crippen LogP contribution is 2.25. The maximum atomic E-state index is 9.12. The Morgan fingerprint density at radius 1 is 1.46 bits per heavy atom. The fourth-order valence-electron chi connectivity index (χ4n) is 1.09. The average Bonchev–Trinajstić information content (AvgIpc) is 2.79. The molecule has 1 saturated carbocycles. The van der Waals surface area contributed by atoms with Gasteiger partial charge in [-0.3, -0.25) is 0 Å². The third-order valence-corrected chi connectivity index (χ3v) is 3.42. The van der Waals surface area contributed by atoms with Crippen LogP contribution in [0.5, 0.6) is 0 Å². The molecular weight excluding hydrogens is 182 g/mol. The molecule has 0 heterocycles. The first-order chi connectivity index (χ1) is 6.01. The molecule has 1 atom stereocenters. The highest BCUT2D eigenvalue weighted by atomic mass is 32.2. The molecule has 0 saturated heterocycles. The topological polar surface area (TPSA) is 32.3 Å². The van der Waals surface area contributed by atoms with Gasteiger partial charge in [0.1, 0.15) is 0 Å². The SMILES string of the molecule is CC(C)(C)SCC(CO)NC1CC1. The van der Waals surface area contributed by atoms with Gasteiger partial charge < -0.3 is 10.4 Å². The Bertz CT molecular complexity index is 151. The lowest BCUT2D eigenvalue weighted by Crippen LogP contribution is -2.37. The van der Waals surface area contributed by atoms with Gasteiger partial charge in [-0.2, -0.15) is 11.8 Å². The van der Waals surface area contributed by atoms with Gasteiger partial charge in [0.15, 0.2) is 0 Å². The quantitative estimate of drug-likeness (QED) is 0.712. The van der Waals surface area contributed by atoms with Crippen molar-refractivity contribution in [2.45, 2.75) is 50.4 Å². The second-order valence-electron chi connectivity index (χ2n) is 4.74. The first kappa shape index (κ1) is 11.3. The number of nitrogens with one attached hydrogen (secondary N) is 1. The highest BCUT2D eigenvalue weighted by molar-refractivity contribution is 8.00. The van der Waals surface area contributed by atoms with Gasteiger partial charge in [0.2, 0.25) is 0 Å². The summed E-state index contributed by atoms with van der Waals surface area (Å²) in [5.74, 6) is 1.01. The van der Waals surface area contributed by atoms with Crippen molar-refractivity contribution >= 4 is 11.8 Å². The normalized spacial score (nSPS) is 20.3. The molecule has 1 aliphatic carbocycles. The lowest BCUT2D eigenvalue weighted by molar-refractivity contribution is 0.253. The molecule has 0 aromatic heterocycles. The summed E-state index contributed by atoms with van der Waals surface area (Å²) < 4.78 is 0.304. The lowest BCUT2D eigenvalue weighted by atomic mass is 10.3. The summed E-state index contributed by atoms with van der Waals surface area (Å²) >= 11 is 1.91. The zero-order valence-electron chi connectivity index (χ0n) is 8.84. The molecule has 0 amide bonds. The van der Waals surface area contributed by atoms with Gasteiger partial charge in [-0.05, 0) is 12.8 Å². The Labute approximate surface area is 85.5 Å². The Balaban J connectivity index is 2.14. The molecule has 0 bridgehead atoms. The van der Waals surface area contributed by atoms with Crippen molar-refractivity contribution in [1.29, 1.82) is 0 Å². The van der Waals surface area contributed by atoms with E-state index in [1.54, 1.807) is 0 Å². The summed E-state index contributed by atoms with van der Waals surface area (Å²) in [5.41, 5.74) is 0. The van der Waals surface area contributed by atoms with E-state index in [9.17, 15) is 0 Å². The van der Waals surface area contributed by atoms with Gasteiger partial charge in [0, 0.05) is 22.6 Å². The summed E-state index contributed by atoms with van der Waals surface area (Å²) in [7, 11) is 0. The van der Waals surface area contributed by atoms with Crippen molar-refractivity contribution < 1.29 is 5.11 Å². The molecule has 1 unspecified atom stereocenters. The van der Waals surface area contributed by atoms with Crippen LogP contribution in [0.25, 0.3) is 0 Å². The van der Waals surface area contributed by atoms with Crippen LogP contribution >= 0.6 is 11.8 Å². The molecule has 3 heteroatoms. The molecule has 1 aliphatic rings. The fraction of sp³-hybridized carbons (Fsp3) is 1.00. The van der Waals surface area contributed by atoms with Crippen LogP contribution in [0.2, 0.25) is 0 Å². The van der Waals surface area contributed by atoms with E-state index in [4.69, 9.17) is 5.11 Å². The van der Waals surface area contributed by atoms with Crippen LogP contribution in [0.15, 0.2) is 0 Å². The largest absolute Gasteiger partial charge is 0.395 e. The predicted molar refractivity (Wildman–Crippen MR) is 59.2 cm³/mol. The Morgan fingerprint density at radius 2 is 2.08 bits per heavy atom. The molecule has 2 N–H and O–H groups in total. The van der Waals surface area contributed by atoms with Gasteiger partial charge in [-0.1, -0.05) is 20.8 Å². The maximum Gasteiger partial charge on any atom is 0.0592 e. The van der Waals surface area contributed by atoms with E-state index in [-0.39, 0.29) is 12.6 Å². The molecule has 0 aliphatic heterocycles. The van der Waals surface area contributed by atoms with Crippen LogP contribution in [0, 0.1) is 0 Å². The minimum Gasteiger partial charge on any atom is -0.395 e.